The van der Waals surface area contributed by atoms with Crippen LogP contribution in [0.25, 0.3) is 5.69 Å². The molecule has 1 saturated heterocycles. The summed E-state index contributed by atoms with van der Waals surface area (Å²) in [6, 6.07) is 18.1. The van der Waals surface area contributed by atoms with E-state index in [-0.39, 0.29) is 19.0 Å². The molecule has 2 atom stereocenters. The van der Waals surface area contributed by atoms with E-state index in [0.29, 0.717) is 5.82 Å². The number of aryl methyl sites for hydroxylation is 1. The number of hydrogen-bond acceptors (Lipinski definition) is 3. The van der Waals surface area contributed by atoms with Crippen molar-refractivity contribution in [3.8, 4) is 5.69 Å². The van der Waals surface area contributed by atoms with Gasteiger partial charge in [0.1, 0.15) is 5.82 Å². The van der Waals surface area contributed by atoms with Gasteiger partial charge in [-0.15, -0.1) is 0 Å². The number of carbonyl (C=O) groups is 1. The molecular formula is C25H26F3N5O. The first kappa shape index (κ1) is 22.5. The van der Waals surface area contributed by atoms with Crippen LogP contribution in [-0.4, -0.2) is 52.6 Å². The highest BCUT2D eigenvalue weighted by Crippen LogP contribution is 2.32. The molecule has 1 aromatic heterocycles. The molecule has 2 unspecified atom stereocenters. The van der Waals surface area contributed by atoms with Gasteiger partial charge < -0.3 is 5.32 Å². The fourth-order valence-corrected chi connectivity index (χ4v) is 5.04. The van der Waals surface area contributed by atoms with Crippen molar-refractivity contribution in [1.29, 1.82) is 0 Å². The van der Waals surface area contributed by atoms with Gasteiger partial charge in [-0.25, -0.2) is 9.48 Å². The molecule has 2 heterocycles. The maximum Gasteiger partial charge on any atom is 0.401 e. The first-order valence-electron chi connectivity index (χ1n) is 11.4. The van der Waals surface area contributed by atoms with Gasteiger partial charge in [0.2, 0.25) is 0 Å². The van der Waals surface area contributed by atoms with Crippen LogP contribution in [0.2, 0.25) is 0 Å². The van der Waals surface area contributed by atoms with Crippen molar-refractivity contribution in [3.05, 3.63) is 77.5 Å². The molecule has 6 nitrogen and oxygen atoms in total. The Hall–Kier alpha value is -3.33. The molecule has 0 spiro atoms. The summed E-state index contributed by atoms with van der Waals surface area (Å²) in [6.07, 6.45) is -1.63. The van der Waals surface area contributed by atoms with E-state index < -0.39 is 24.8 Å². The highest BCUT2D eigenvalue weighted by atomic mass is 19.4. The third-order valence-corrected chi connectivity index (χ3v) is 6.48. The maximum absolute atomic E-state index is 13.1. The summed E-state index contributed by atoms with van der Waals surface area (Å²) in [5.41, 5.74) is 3.74. The first-order valence-corrected chi connectivity index (χ1v) is 11.4. The minimum absolute atomic E-state index is 0.128. The number of amides is 2. The Balaban J connectivity index is 1.36. The minimum atomic E-state index is -4.29. The number of rotatable bonds is 5. The molecule has 1 fully saturated rings. The second-order valence-electron chi connectivity index (χ2n) is 8.91. The molecule has 9 heteroatoms. The summed E-state index contributed by atoms with van der Waals surface area (Å²) >= 11 is 0. The standard InChI is InChI=1S/C25H26F3N5O/c26-25(27,28)16-32-14-20(17-8-3-1-4-9-17)22(15-32)29-24(34)30-23-19-12-7-13-21(19)31-33(23)18-10-5-2-6-11-18/h1-6,8-11,20,22H,7,12-16H2,(H2,29,30,34). The first-order chi connectivity index (χ1) is 16.4. The number of urea groups is 1. The van der Waals surface area contributed by atoms with E-state index >= 15 is 0 Å². The number of carbonyl (C=O) groups excluding carboxylic acids is 1. The number of aromatic nitrogens is 2. The molecule has 0 saturated carbocycles. The van der Waals surface area contributed by atoms with Crippen LogP contribution in [0.4, 0.5) is 23.8 Å². The lowest BCUT2D eigenvalue weighted by molar-refractivity contribution is -0.143. The van der Waals surface area contributed by atoms with Gasteiger partial charge in [-0.05, 0) is 37.0 Å². The Kier molecular flexibility index (Phi) is 6.03. The van der Waals surface area contributed by atoms with Crippen LogP contribution in [0.1, 0.15) is 29.2 Å². The van der Waals surface area contributed by atoms with Gasteiger partial charge in [0, 0.05) is 24.6 Å². The lowest BCUT2D eigenvalue weighted by Crippen LogP contribution is -2.43. The Morgan fingerprint density at radius 3 is 2.41 bits per heavy atom. The van der Waals surface area contributed by atoms with Gasteiger partial charge in [0.25, 0.3) is 0 Å². The lowest BCUT2D eigenvalue weighted by atomic mass is 9.94. The number of likely N-dealkylation sites (tertiary alicyclic amines) is 1. The van der Waals surface area contributed by atoms with Crippen molar-refractivity contribution in [3.63, 3.8) is 0 Å². The van der Waals surface area contributed by atoms with Crippen LogP contribution in [0.5, 0.6) is 0 Å². The van der Waals surface area contributed by atoms with E-state index in [1.165, 1.54) is 4.90 Å². The topological polar surface area (TPSA) is 62.2 Å². The van der Waals surface area contributed by atoms with Crippen molar-refractivity contribution in [1.82, 2.24) is 20.0 Å². The Morgan fingerprint density at radius 2 is 1.71 bits per heavy atom. The predicted octanol–water partition coefficient (Wildman–Crippen LogP) is 4.51. The fourth-order valence-electron chi connectivity index (χ4n) is 5.04. The number of benzene rings is 2. The third-order valence-electron chi connectivity index (χ3n) is 6.48. The zero-order valence-electron chi connectivity index (χ0n) is 18.6. The van der Waals surface area contributed by atoms with Crippen LogP contribution in [-0.2, 0) is 12.8 Å². The van der Waals surface area contributed by atoms with E-state index in [0.717, 1.165) is 41.8 Å². The molecule has 2 aliphatic rings. The average molecular weight is 470 g/mol. The average Bonchev–Trinajstić information content (AvgIpc) is 3.50. The Morgan fingerprint density at radius 1 is 1.00 bits per heavy atom. The van der Waals surface area contributed by atoms with Crippen molar-refractivity contribution in [2.75, 3.05) is 25.0 Å². The second-order valence-corrected chi connectivity index (χ2v) is 8.91. The molecule has 1 aliphatic heterocycles. The van der Waals surface area contributed by atoms with Crippen molar-refractivity contribution in [2.45, 2.75) is 37.4 Å². The lowest BCUT2D eigenvalue weighted by Gasteiger charge is -2.21. The number of fused-ring (bicyclic) bond motifs is 1. The second kappa shape index (κ2) is 9.13. The van der Waals surface area contributed by atoms with E-state index in [1.807, 2.05) is 60.7 Å². The number of halogens is 3. The van der Waals surface area contributed by atoms with E-state index in [1.54, 1.807) is 4.68 Å². The van der Waals surface area contributed by atoms with Gasteiger partial charge >= 0.3 is 12.2 Å². The molecule has 0 bridgehead atoms. The van der Waals surface area contributed by atoms with Gasteiger partial charge in [0.15, 0.2) is 0 Å². The summed E-state index contributed by atoms with van der Waals surface area (Å²) in [4.78, 5) is 14.5. The summed E-state index contributed by atoms with van der Waals surface area (Å²) in [5, 5.41) is 10.6. The highest BCUT2D eigenvalue weighted by Gasteiger charge is 2.40. The number of nitrogens with zero attached hydrogens (tertiary/aromatic N) is 3. The summed E-state index contributed by atoms with van der Waals surface area (Å²) in [6.45, 7) is -0.640. The molecule has 2 amide bonds. The molecule has 1 aliphatic carbocycles. The summed E-state index contributed by atoms with van der Waals surface area (Å²) in [5.74, 6) is 0.386. The number of nitrogens with one attached hydrogen (secondary N) is 2. The van der Waals surface area contributed by atoms with Crippen molar-refractivity contribution in [2.24, 2.45) is 0 Å². The highest BCUT2D eigenvalue weighted by molar-refractivity contribution is 5.90. The van der Waals surface area contributed by atoms with Crippen LogP contribution in [0.3, 0.4) is 0 Å². The Bertz CT molecular complexity index is 1150. The number of hydrogen-bond donors (Lipinski definition) is 2. The van der Waals surface area contributed by atoms with Crippen LogP contribution in [0.15, 0.2) is 60.7 Å². The normalized spacial score (nSPS) is 20.3. The molecule has 178 valence electrons. The van der Waals surface area contributed by atoms with E-state index in [2.05, 4.69) is 10.6 Å². The van der Waals surface area contributed by atoms with Crippen molar-refractivity contribution < 1.29 is 18.0 Å². The van der Waals surface area contributed by atoms with E-state index in [4.69, 9.17) is 5.10 Å². The van der Waals surface area contributed by atoms with Gasteiger partial charge in [-0.1, -0.05) is 48.5 Å². The summed E-state index contributed by atoms with van der Waals surface area (Å²) < 4.78 is 40.9. The summed E-state index contributed by atoms with van der Waals surface area (Å²) in [7, 11) is 0. The van der Waals surface area contributed by atoms with E-state index in [9.17, 15) is 18.0 Å². The minimum Gasteiger partial charge on any atom is -0.333 e. The van der Waals surface area contributed by atoms with Gasteiger partial charge in [-0.2, -0.15) is 18.3 Å². The van der Waals surface area contributed by atoms with Crippen molar-refractivity contribution >= 4 is 11.8 Å². The predicted molar refractivity (Wildman–Crippen MR) is 123 cm³/mol. The van der Waals surface area contributed by atoms with Crippen LogP contribution >= 0.6 is 0 Å². The third kappa shape index (κ3) is 4.79. The van der Waals surface area contributed by atoms with Crippen LogP contribution in [0, 0.1) is 0 Å². The maximum atomic E-state index is 13.1. The molecule has 0 radical (unpaired) electrons. The molecule has 34 heavy (non-hydrogen) atoms. The molecular weight excluding hydrogens is 443 g/mol. The fraction of sp³-hybridized carbons (Fsp3) is 0.360. The Labute approximate surface area is 195 Å². The van der Waals surface area contributed by atoms with Gasteiger partial charge in [0.05, 0.1) is 24.0 Å². The SMILES string of the molecule is O=C(Nc1c2c(nn1-c1ccccc1)CCC2)NC1CN(CC(F)(F)F)CC1c1ccccc1. The zero-order valence-corrected chi connectivity index (χ0v) is 18.6. The largest absolute Gasteiger partial charge is 0.401 e. The van der Waals surface area contributed by atoms with Crippen LogP contribution < -0.4 is 10.6 Å². The number of para-hydroxylation sites is 1. The quantitative estimate of drug-likeness (QED) is 0.578. The smallest absolute Gasteiger partial charge is 0.333 e. The molecule has 3 aromatic rings. The molecule has 2 aromatic carbocycles. The number of alkyl halides is 3. The molecule has 2 N–H and O–H groups in total. The molecule has 5 rings (SSSR count). The van der Waals surface area contributed by atoms with Gasteiger partial charge in [-0.3, -0.25) is 10.2 Å². The zero-order chi connectivity index (χ0) is 23.7. The monoisotopic (exact) mass is 469 g/mol. The number of anilines is 1.